The Morgan fingerprint density at radius 2 is 1.77 bits per heavy atom. The second-order valence-electron chi connectivity index (χ2n) is 17.4. The van der Waals surface area contributed by atoms with E-state index in [9.17, 15) is 14.4 Å². The second-order valence-corrected chi connectivity index (χ2v) is 20.8. The minimum Gasteiger partial charge on any atom is -0.494 e. The van der Waals surface area contributed by atoms with E-state index in [1.54, 1.807) is 57.7 Å². The first-order valence-electron chi connectivity index (χ1n) is 24.1. The van der Waals surface area contributed by atoms with Gasteiger partial charge in [-0.05, 0) is 104 Å². The number of nitrogens with zero attached hydrogens (tertiary/aromatic N) is 4. The molecule has 18 heteroatoms. The zero-order valence-corrected chi connectivity index (χ0v) is 43.9. The number of likely N-dealkylation sites (tertiary alicyclic amines) is 1. The van der Waals surface area contributed by atoms with Crippen LogP contribution in [0.4, 0.5) is 10.5 Å². The maximum atomic E-state index is 13.9. The van der Waals surface area contributed by atoms with Crippen molar-refractivity contribution in [2.75, 3.05) is 85.0 Å². The van der Waals surface area contributed by atoms with Gasteiger partial charge in [0, 0.05) is 72.2 Å². The minimum absolute atomic E-state index is 0.0271. The molecule has 1 unspecified atom stereocenters. The minimum atomic E-state index is -0.281. The van der Waals surface area contributed by atoms with Crippen LogP contribution in [0.2, 0.25) is 0 Å². The summed E-state index contributed by atoms with van der Waals surface area (Å²) in [5, 5.41) is 5.30. The van der Waals surface area contributed by atoms with Gasteiger partial charge in [0.1, 0.15) is 19.1 Å². The SMILES string of the molecule is C=C1CCN(C(=O)c2cc(OC)c(OCCCCCOc3ccc4nc5c(c(CC)c4c3)Cn3c-5cc(C(SOC)C(=C)C)c(CC)c3=O)cc2N)C1.O=C(OCCSSC1=CC=CCN1)N1CCOC1. The lowest BCUT2D eigenvalue weighted by Gasteiger charge is -2.20. The van der Waals surface area contributed by atoms with E-state index in [2.05, 4.69) is 43.6 Å². The van der Waals surface area contributed by atoms with E-state index >= 15 is 0 Å². The monoisotopic (exact) mass is 1030 g/mol. The highest BCUT2D eigenvalue weighted by Gasteiger charge is 2.30. The van der Waals surface area contributed by atoms with Gasteiger partial charge >= 0.3 is 6.09 Å². The highest BCUT2D eigenvalue weighted by atomic mass is 33.1. The van der Waals surface area contributed by atoms with Gasteiger partial charge in [0.2, 0.25) is 0 Å². The molecule has 0 radical (unpaired) electrons. The molecule has 0 aliphatic carbocycles. The number of nitrogen functional groups attached to an aromatic ring is 1. The molecule has 0 saturated carbocycles. The molecule has 2 fully saturated rings. The van der Waals surface area contributed by atoms with Crippen molar-refractivity contribution >= 4 is 62.2 Å². The Morgan fingerprint density at radius 1 is 0.972 bits per heavy atom. The molecule has 15 nitrogen and oxygen atoms in total. The van der Waals surface area contributed by atoms with E-state index in [1.807, 2.05) is 42.7 Å². The van der Waals surface area contributed by atoms with Crippen molar-refractivity contribution in [3.63, 3.8) is 0 Å². The summed E-state index contributed by atoms with van der Waals surface area (Å²) in [4.78, 5) is 46.8. The Hall–Kier alpha value is -5.53. The van der Waals surface area contributed by atoms with Gasteiger partial charge in [0.15, 0.2) is 11.5 Å². The average molecular weight is 1030 g/mol. The summed E-state index contributed by atoms with van der Waals surface area (Å²) in [5.74, 6) is 2.44. The Kier molecular flexibility index (Phi) is 19.3. The predicted octanol–water partition coefficient (Wildman–Crippen LogP) is 9.88. The number of carbonyl (C=O) groups is 2. The van der Waals surface area contributed by atoms with Crippen LogP contribution in [0.3, 0.4) is 0 Å². The lowest BCUT2D eigenvalue weighted by molar-refractivity contribution is 0.0796. The molecule has 4 aliphatic heterocycles. The zero-order chi connectivity index (χ0) is 50.4. The number of amides is 2. The lowest BCUT2D eigenvalue weighted by Crippen LogP contribution is -2.29. The molecule has 2 aromatic carbocycles. The van der Waals surface area contributed by atoms with E-state index in [1.165, 1.54) is 17.6 Å². The number of methoxy groups -OCH3 is 1. The van der Waals surface area contributed by atoms with Gasteiger partial charge in [0.25, 0.3) is 11.5 Å². The smallest absolute Gasteiger partial charge is 0.411 e. The van der Waals surface area contributed by atoms with Gasteiger partial charge in [-0.3, -0.25) is 14.5 Å². The molecule has 3 N–H and O–H groups in total. The predicted molar refractivity (Wildman–Crippen MR) is 288 cm³/mol. The molecule has 0 spiro atoms. The summed E-state index contributed by atoms with van der Waals surface area (Å²) >= 11 is 1.32. The van der Waals surface area contributed by atoms with Crippen LogP contribution in [0, 0.1) is 0 Å². The number of unbranched alkanes of at least 4 members (excludes halogenated alkanes) is 2. The number of dihydropyridines is 1. The number of ether oxygens (including phenoxy) is 5. The summed E-state index contributed by atoms with van der Waals surface area (Å²) in [7, 11) is 6.54. The molecule has 4 aliphatic rings. The number of aromatic nitrogens is 2. The number of nitrogens with one attached hydrogen (secondary N) is 1. The highest BCUT2D eigenvalue weighted by Crippen LogP contribution is 2.42. The first-order chi connectivity index (χ1) is 34.5. The highest BCUT2D eigenvalue weighted by molar-refractivity contribution is 8.78. The van der Waals surface area contributed by atoms with E-state index < -0.39 is 0 Å². The number of rotatable bonds is 21. The summed E-state index contributed by atoms with van der Waals surface area (Å²) in [5.41, 5.74) is 15.7. The van der Waals surface area contributed by atoms with Crippen LogP contribution in [0.25, 0.3) is 22.3 Å². The van der Waals surface area contributed by atoms with Gasteiger partial charge in [-0.2, -0.15) is 0 Å². The third-order valence-electron chi connectivity index (χ3n) is 12.4. The molecular formula is C53H66N6O9S3. The van der Waals surface area contributed by atoms with Gasteiger partial charge in [-0.15, -0.1) is 0 Å². The average Bonchev–Trinajstić information content (AvgIpc) is 4.16. The Balaban J connectivity index is 0.000000345. The molecule has 2 amide bonds. The number of fused-ring (bicyclic) bond motifs is 4. The number of pyridine rings is 2. The zero-order valence-electron chi connectivity index (χ0n) is 41.5. The maximum absolute atomic E-state index is 13.9. The van der Waals surface area contributed by atoms with Crippen molar-refractivity contribution in [1.82, 2.24) is 24.7 Å². The summed E-state index contributed by atoms with van der Waals surface area (Å²) in [6.45, 7) is 19.9. The van der Waals surface area contributed by atoms with Crippen molar-refractivity contribution in [2.24, 2.45) is 0 Å². The van der Waals surface area contributed by atoms with Crippen molar-refractivity contribution in [3.05, 3.63) is 122 Å². The fourth-order valence-corrected chi connectivity index (χ4v) is 11.3. The van der Waals surface area contributed by atoms with Crippen LogP contribution < -0.4 is 30.8 Å². The van der Waals surface area contributed by atoms with Crippen LogP contribution in [0.15, 0.2) is 88.8 Å². The molecule has 2 saturated heterocycles. The van der Waals surface area contributed by atoms with E-state index in [4.69, 9.17) is 38.6 Å². The van der Waals surface area contributed by atoms with Gasteiger partial charge in [0.05, 0.1) is 73.3 Å². The molecule has 4 aromatic rings. The molecule has 380 valence electrons. The van der Waals surface area contributed by atoms with Gasteiger partial charge in [-0.1, -0.05) is 61.1 Å². The molecular weight excluding hydrogens is 961 g/mol. The Labute approximate surface area is 429 Å². The second kappa shape index (κ2) is 25.7. The Morgan fingerprint density at radius 3 is 2.45 bits per heavy atom. The van der Waals surface area contributed by atoms with Crippen LogP contribution in [-0.4, -0.2) is 111 Å². The first-order valence-corrected chi connectivity index (χ1v) is 27.2. The van der Waals surface area contributed by atoms with E-state index in [0.717, 1.165) is 105 Å². The molecule has 71 heavy (non-hydrogen) atoms. The topological polar surface area (TPSA) is 169 Å². The van der Waals surface area contributed by atoms with Crippen molar-refractivity contribution < 1.29 is 37.5 Å². The summed E-state index contributed by atoms with van der Waals surface area (Å²) in [6.07, 6.45) is 10.7. The van der Waals surface area contributed by atoms with Crippen molar-refractivity contribution in [3.8, 4) is 28.6 Å². The molecule has 6 heterocycles. The van der Waals surface area contributed by atoms with Gasteiger partial charge < -0.3 is 48.4 Å². The fourth-order valence-electron chi connectivity index (χ4n) is 8.80. The number of carbonyl (C=O) groups excluding carboxylic acids is 2. The fraction of sp³-hybridized carbons (Fsp3) is 0.434. The number of anilines is 1. The standard InChI is InChI=1S/C42H50N4O6S.C11H16N2O3S2/c1-8-28-30-19-27(51-17-11-10-12-18-52-38-22-34(43)32(21-37(38)49-6)41(47)45-16-15-26(5)23-45)13-14-35(30)44-39-33(28)24-46-36(39)20-31(29(9-2)42(46)48)40(25(3)4)53-50-7;14-11(13-5-6-15-9-13)16-7-8-17-18-10-3-1-2-4-12-10/h13-14,19-22,40H,3,5,8-12,15-18,23-24,43H2,1-2,4,6-7H3;1-3,12H,4-9H2. The molecule has 1 atom stereocenters. The molecule has 2 aromatic heterocycles. The molecule has 8 rings (SSSR count). The van der Waals surface area contributed by atoms with Crippen LogP contribution in [-0.2, 0) is 33.0 Å². The number of allylic oxidation sites excluding steroid dienone is 2. The number of nitrogens with two attached hydrogens (primary N) is 1. The normalized spacial score (nSPS) is 15.1. The Bertz CT molecular complexity index is 2720. The number of aryl methyl sites for hydroxylation is 1. The van der Waals surface area contributed by atoms with E-state index in [0.29, 0.717) is 88.5 Å². The maximum Gasteiger partial charge on any atom is 0.411 e. The number of hydrogen-bond acceptors (Lipinski definition) is 15. The summed E-state index contributed by atoms with van der Waals surface area (Å²) < 4.78 is 35.3. The van der Waals surface area contributed by atoms with Crippen LogP contribution in [0.5, 0.6) is 17.2 Å². The van der Waals surface area contributed by atoms with Crippen molar-refractivity contribution in [1.29, 1.82) is 0 Å². The third kappa shape index (κ3) is 13.1. The van der Waals surface area contributed by atoms with Crippen LogP contribution in [0.1, 0.15) is 84.3 Å². The lowest BCUT2D eigenvalue weighted by atomic mass is 9.97. The molecule has 0 bridgehead atoms. The largest absolute Gasteiger partial charge is 0.494 e. The number of benzene rings is 2. The first kappa shape index (κ1) is 53.3. The number of hydrogen-bond donors (Lipinski definition) is 2. The van der Waals surface area contributed by atoms with E-state index in [-0.39, 0.29) is 22.8 Å². The summed E-state index contributed by atoms with van der Waals surface area (Å²) in [6, 6.07) is 11.5. The van der Waals surface area contributed by atoms with Crippen molar-refractivity contribution in [2.45, 2.75) is 71.1 Å². The third-order valence-corrected chi connectivity index (χ3v) is 15.8. The quantitative estimate of drug-likeness (QED) is 0.0234. The van der Waals surface area contributed by atoms with Crippen LogP contribution >= 0.6 is 33.6 Å². The van der Waals surface area contributed by atoms with Gasteiger partial charge in [-0.25, -0.2) is 9.78 Å².